The molecule has 0 saturated carbocycles. The van der Waals surface area contributed by atoms with E-state index < -0.39 is 11.8 Å². The number of amides is 2. The standard InChI is InChI=1S/C21H17FN2O3/c22-17-10-8-15(9-11-17)14-23-21(26)19(13-18-7-4-12-27-18)24-20(25)16-5-2-1-3-6-16/h1-13H,14H2,(H,23,26)(H,24,25). The number of benzene rings is 2. The van der Waals surface area contributed by atoms with Crippen molar-refractivity contribution in [3.63, 3.8) is 0 Å². The van der Waals surface area contributed by atoms with Gasteiger partial charge in [0, 0.05) is 18.2 Å². The van der Waals surface area contributed by atoms with Crippen molar-refractivity contribution < 1.29 is 18.4 Å². The summed E-state index contributed by atoms with van der Waals surface area (Å²) < 4.78 is 18.2. The van der Waals surface area contributed by atoms with Crippen molar-refractivity contribution in [1.82, 2.24) is 10.6 Å². The highest BCUT2D eigenvalue weighted by Crippen LogP contribution is 2.09. The van der Waals surface area contributed by atoms with Crippen LogP contribution in [0.3, 0.4) is 0 Å². The molecular formula is C21H17FN2O3. The fourth-order valence-electron chi connectivity index (χ4n) is 2.34. The number of halogens is 1. The molecule has 0 radical (unpaired) electrons. The van der Waals surface area contributed by atoms with Crippen molar-refractivity contribution in [3.8, 4) is 0 Å². The predicted octanol–water partition coefficient (Wildman–Crippen LogP) is 3.51. The predicted molar refractivity (Wildman–Crippen MR) is 98.8 cm³/mol. The SMILES string of the molecule is O=C(NCc1ccc(F)cc1)C(=Cc1ccco1)NC(=O)c1ccccc1. The lowest BCUT2D eigenvalue weighted by atomic mass is 10.2. The number of hydrogen-bond acceptors (Lipinski definition) is 3. The molecule has 0 aliphatic rings. The van der Waals surface area contributed by atoms with E-state index in [-0.39, 0.29) is 18.1 Å². The summed E-state index contributed by atoms with van der Waals surface area (Å²) in [6.07, 6.45) is 2.92. The summed E-state index contributed by atoms with van der Waals surface area (Å²) in [6.45, 7) is 0.190. The van der Waals surface area contributed by atoms with Gasteiger partial charge >= 0.3 is 0 Å². The van der Waals surface area contributed by atoms with Crippen LogP contribution in [0.5, 0.6) is 0 Å². The van der Waals surface area contributed by atoms with Crippen molar-refractivity contribution in [2.75, 3.05) is 0 Å². The first kappa shape index (κ1) is 18.1. The van der Waals surface area contributed by atoms with Gasteiger partial charge in [-0.2, -0.15) is 0 Å². The number of furan rings is 1. The van der Waals surface area contributed by atoms with E-state index in [9.17, 15) is 14.0 Å². The van der Waals surface area contributed by atoms with E-state index in [4.69, 9.17) is 4.42 Å². The van der Waals surface area contributed by atoms with Crippen LogP contribution in [0.15, 0.2) is 83.1 Å². The molecule has 0 fully saturated rings. The first-order valence-electron chi connectivity index (χ1n) is 8.26. The van der Waals surface area contributed by atoms with E-state index in [1.165, 1.54) is 24.5 Å². The molecule has 0 bridgehead atoms. The van der Waals surface area contributed by atoms with E-state index >= 15 is 0 Å². The van der Waals surface area contributed by atoms with Crippen molar-refractivity contribution in [1.29, 1.82) is 0 Å². The highest BCUT2D eigenvalue weighted by molar-refractivity contribution is 6.05. The van der Waals surface area contributed by atoms with Crippen LogP contribution in [-0.4, -0.2) is 11.8 Å². The third-order valence-corrected chi connectivity index (χ3v) is 3.72. The lowest BCUT2D eigenvalue weighted by Gasteiger charge is -2.11. The minimum atomic E-state index is -0.486. The topological polar surface area (TPSA) is 71.3 Å². The second-order valence-corrected chi connectivity index (χ2v) is 5.70. The Morgan fingerprint density at radius 1 is 0.963 bits per heavy atom. The molecule has 6 heteroatoms. The highest BCUT2D eigenvalue weighted by atomic mass is 19.1. The molecule has 0 atom stereocenters. The molecule has 5 nitrogen and oxygen atoms in total. The minimum absolute atomic E-state index is 0.0425. The Bertz CT molecular complexity index is 933. The third-order valence-electron chi connectivity index (χ3n) is 3.72. The fourth-order valence-corrected chi connectivity index (χ4v) is 2.34. The number of carbonyl (C=O) groups excluding carboxylic acids is 2. The molecule has 3 rings (SSSR count). The van der Waals surface area contributed by atoms with Crippen LogP contribution in [0.4, 0.5) is 4.39 Å². The molecule has 0 unspecified atom stereocenters. The van der Waals surface area contributed by atoms with E-state index in [0.29, 0.717) is 11.3 Å². The van der Waals surface area contributed by atoms with Gasteiger partial charge in [0.1, 0.15) is 17.3 Å². The zero-order valence-corrected chi connectivity index (χ0v) is 14.3. The molecule has 2 N–H and O–H groups in total. The zero-order chi connectivity index (χ0) is 19.1. The largest absolute Gasteiger partial charge is 0.465 e. The van der Waals surface area contributed by atoms with Gasteiger partial charge in [0.15, 0.2) is 0 Å². The monoisotopic (exact) mass is 364 g/mol. The molecule has 27 heavy (non-hydrogen) atoms. The second-order valence-electron chi connectivity index (χ2n) is 5.70. The summed E-state index contributed by atoms with van der Waals surface area (Å²) in [5, 5.41) is 5.31. The van der Waals surface area contributed by atoms with E-state index in [0.717, 1.165) is 5.56 Å². The number of rotatable bonds is 6. The van der Waals surface area contributed by atoms with Gasteiger partial charge in [-0.05, 0) is 42.0 Å². The maximum absolute atomic E-state index is 13.0. The van der Waals surface area contributed by atoms with Crippen molar-refractivity contribution in [3.05, 3.63) is 101 Å². The van der Waals surface area contributed by atoms with Crippen LogP contribution in [-0.2, 0) is 11.3 Å². The van der Waals surface area contributed by atoms with Gasteiger partial charge in [-0.1, -0.05) is 30.3 Å². The molecule has 2 aromatic carbocycles. The van der Waals surface area contributed by atoms with Gasteiger partial charge in [0.05, 0.1) is 6.26 Å². The Morgan fingerprint density at radius 2 is 1.70 bits per heavy atom. The lowest BCUT2D eigenvalue weighted by molar-refractivity contribution is -0.117. The third kappa shape index (κ3) is 5.15. The van der Waals surface area contributed by atoms with Gasteiger partial charge in [0.25, 0.3) is 11.8 Å². The van der Waals surface area contributed by atoms with E-state index in [1.54, 1.807) is 54.6 Å². The Morgan fingerprint density at radius 3 is 2.37 bits per heavy atom. The molecule has 0 saturated heterocycles. The van der Waals surface area contributed by atoms with Crippen molar-refractivity contribution >= 4 is 17.9 Å². The molecule has 2 amide bonds. The van der Waals surface area contributed by atoms with Crippen LogP contribution in [0, 0.1) is 5.82 Å². The average Bonchev–Trinajstić information content (AvgIpc) is 3.20. The lowest BCUT2D eigenvalue weighted by Crippen LogP contribution is -2.34. The maximum atomic E-state index is 13.0. The van der Waals surface area contributed by atoms with Crippen LogP contribution in [0.2, 0.25) is 0 Å². The van der Waals surface area contributed by atoms with Crippen LogP contribution in [0.25, 0.3) is 6.08 Å². The van der Waals surface area contributed by atoms with E-state index in [1.807, 2.05) is 0 Å². The first-order valence-corrected chi connectivity index (χ1v) is 8.26. The molecule has 1 heterocycles. The number of nitrogens with one attached hydrogen (secondary N) is 2. The normalized spacial score (nSPS) is 11.1. The number of hydrogen-bond donors (Lipinski definition) is 2. The summed E-state index contributed by atoms with van der Waals surface area (Å²) in [4.78, 5) is 25.0. The van der Waals surface area contributed by atoms with Crippen molar-refractivity contribution in [2.45, 2.75) is 6.54 Å². The zero-order valence-electron chi connectivity index (χ0n) is 14.3. The highest BCUT2D eigenvalue weighted by Gasteiger charge is 2.15. The molecule has 136 valence electrons. The molecule has 0 aliphatic heterocycles. The second kappa shape index (κ2) is 8.62. The molecule has 3 aromatic rings. The van der Waals surface area contributed by atoms with Gasteiger partial charge in [-0.3, -0.25) is 9.59 Å². The average molecular weight is 364 g/mol. The minimum Gasteiger partial charge on any atom is -0.465 e. The fraction of sp³-hybridized carbons (Fsp3) is 0.0476. The van der Waals surface area contributed by atoms with Crippen LogP contribution < -0.4 is 10.6 Å². The molecule has 0 aliphatic carbocycles. The Kier molecular flexibility index (Phi) is 5.79. The molecular weight excluding hydrogens is 347 g/mol. The van der Waals surface area contributed by atoms with Crippen LogP contribution in [0.1, 0.15) is 21.7 Å². The quantitative estimate of drug-likeness (QED) is 0.658. The smallest absolute Gasteiger partial charge is 0.268 e. The maximum Gasteiger partial charge on any atom is 0.268 e. The first-order chi connectivity index (χ1) is 13.1. The van der Waals surface area contributed by atoms with Gasteiger partial charge in [0.2, 0.25) is 0 Å². The number of carbonyl (C=O) groups is 2. The van der Waals surface area contributed by atoms with Gasteiger partial charge in [-0.15, -0.1) is 0 Å². The van der Waals surface area contributed by atoms with E-state index in [2.05, 4.69) is 10.6 Å². The summed E-state index contributed by atoms with van der Waals surface area (Å²) in [7, 11) is 0. The Balaban J connectivity index is 1.74. The molecule has 1 aromatic heterocycles. The van der Waals surface area contributed by atoms with Gasteiger partial charge < -0.3 is 15.1 Å². The van der Waals surface area contributed by atoms with Crippen LogP contribution >= 0.6 is 0 Å². The van der Waals surface area contributed by atoms with Crippen molar-refractivity contribution in [2.24, 2.45) is 0 Å². The molecule has 0 spiro atoms. The Labute approximate surface area is 155 Å². The summed E-state index contributed by atoms with van der Waals surface area (Å²) in [5.41, 5.74) is 1.20. The summed E-state index contributed by atoms with van der Waals surface area (Å²) >= 11 is 0. The van der Waals surface area contributed by atoms with Gasteiger partial charge in [-0.25, -0.2) is 4.39 Å². The Hall–Kier alpha value is -3.67. The summed E-state index contributed by atoms with van der Waals surface area (Å²) in [6, 6.07) is 17.7. The summed E-state index contributed by atoms with van der Waals surface area (Å²) in [5.74, 6) is -0.820.